The van der Waals surface area contributed by atoms with Crippen molar-refractivity contribution in [3.8, 4) is 5.75 Å². The highest BCUT2D eigenvalue weighted by molar-refractivity contribution is 6.30. The van der Waals surface area contributed by atoms with E-state index in [0.717, 1.165) is 16.9 Å². The molecular weight excluding hydrogens is 538 g/mol. The van der Waals surface area contributed by atoms with Crippen molar-refractivity contribution in [2.75, 3.05) is 23.0 Å². The molecule has 4 rings (SSSR count). The molecule has 3 aromatic rings. The second-order valence-corrected chi connectivity index (χ2v) is 11.9. The zero-order valence-corrected chi connectivity index (χ0v) is 25.1. The van der Waals surface area contributed by atoms with Gasteiger partial charge in [-0.05, 0) is 79.9 Å². The number of amides is 3. The maximum absolute atomic E-state index is 13.8. The SMILES string of the molecule is CC(=O)N(c1ccc(Cl)cc1)[C@@H]1C[C@H](C)N(C(=O)c2ccc(OCCCNC(=O)C(C)(C)C)cc2)c2ccccc21. The van der Waals surface area contributed by atoms with Crippen LogP contribution in [-0.4, -0.2) is 36.9 Å². The standard InChI is InChI=1S/C33H38ClN3O4/c1-22-21-30(37(23(2)38)26-15-13-25(34)14-16-26)28-9-6-7-10-29(28)36(22)31(39)24-11-17-27(18-12-24)41-20-8-19-35-32(40)33(3,4)5/h6-7,9-18,22,30H,8,19-21H2,1-5H3,(H,35,40)/t22-,30+/m0/s1. The number of benzene rings is 3. The third-order valence-electron chi connectivity index (χ3n) is 7.19. The number of rotatable bonds is 8. The van der Waals surface area contributed by atoms with Crippen molar-refractivity contribution < 1.29 is 19.1 Å². The lowest BCUT2D eigenvalue weighted by Crippen LogP contribution is -2.47. The number of ether oxygens (including phenoxy) is 1. The van der Waals surface area contributed by atoms with Crippen LogP contribution >= 0.6 is 11.6 Å². The average molecular weight is 576 g/mol. The van der Waals surface area contributed by atoms with Gasteiger partial charge in [0.15, 0.2) is 0 Å². The quantitative estimate of drug-likeness (QED) is 0.299. The van der Waals surface area contributed by atoms with Crippen molar-refractivity contribution in [2.24, 2.45) is 5.41 Å². The number of nitrogens with one attached hydrogen (secondary N) is 1. The Morgan fingerprint density at radius 1 is 1.00 bits per heavy atom. The van der Waals surface area contributed by atoms with Gasteiger partial charge in [0.2, 0.25) is 11.8 Å². The van der Waals surface area contributed by atoms with E-state index in [0.29, 0.717) is 42.3 Å². The van der Waals surface area contributed by atoms with E-state index in [4.69, 9.17) is 16.3 Å². The Morgan fingerprint density at radius 3 is 2.29 bits per heavy atom. The van der Waals surface area contributed by atoms with E-state index in [2.05, 4.69) is 5.32 Å². The Morgan fingerprint density at radius 2 is 1.66 bits per heavy atom. The number of carbonyl (C=O) groups excluding carboxylic acids is 3. The summed E-state index contributed by atoms with van der Waals surface area (Å²) in [6.45, 7) is 10.2. The van der Waals surface area contributed by atoms with Gasteiger partial charge in [-0.2, -0.15) is 0 Å². The van der Waals surface area contributed by atoms with Crippen LogP contribution in [0.5, 0.6) is 5.75 Å². The van der Waals surface area contributed by atoms with E-state index in [1.54, 1.807) is 48.2 Å². The molecule has 0 spiro atoms. The fraction of sp³-hybridized carbons (Fsp3) is 0.364. The summed E-state index contributed by atoms with van der Waals surface area (Å²) in [4.78, 5) is 42.3. The number of anilines is 2. The Kier molecular flexibility index (Phi) is 9.38. The largest absolute Gasteiger partial charge is 0.494 e. The van der Waals surface area contributed by atoms with Gasteiger partial charge >= 0.3 is 0 Å². The van der Waals surface area contributed by atoms with E-state index in [-0.39, 0.29) is 29.8 Å². The molecule has 1 aliphatic heterocycles. The predicted molar refractivity (Wildman–Crippen MR) is 164 cm³/mol. The topological polar surface area (TPSA) is 79.0 Å². The highest BCUT2D eigenvalue weighted by Gasteiger charge is 2.38. The first-order chi connectivity index (χ1) is 19.5. The van der Waals surface area contributed by atoms with Crippen LogP contribution in [0.2, 0.25) is 5.02 Å². The predicted octanol–water partition coefficient (Wildman–Crippen LogP) is 6.80. The summed E-state index contributed by atoms with van der Waals surface area (Å²) in [5, 5.41) is 3.52. The Hall–Kier alpha value is -3.84. The summed E-state index contributed by atoms with van der Waals surface area (Å²) in [6.07, 6.45) is 1.26. The van der Waals surface area contributed by atoms with Crippen molar-refractivity contribution in [3.63, 3.8) is 0 Å². The molecule has 3 aromatic carbocycles. The number of para-hydroxylation sites is 1. The van der Waals surface area contributed by atoms with Crippen molar-refractivity contribution >= 4 is 40.7 Å². The third-order valence-corrected chi connectivity index (χ3v) is 7.44. The Labute approximate surface area is 247 Å². The fourth-order valence-corrected chi connectivity index (χ4v) is 5.21. The lowest BCUT2D eigenvalue weighted by atomic mass is 9.89. The molecule has 1 aliphatic rings. The minimum atomic E-state index is -0.417. The van der Waals surface area contributed by atoms with Gasteiger partial charge in [0, 0.05) is 46.9 Å². The normalized spacial score (nSPS) is 16.5. The lowest BCUT2D eigenvalue weighted by Gasteiger charge is -2.43. The highest BCUT2D eigenvalue weighted by Crippen LogP contribution is 2.43. The van der Waals surface area contributed by atoms with E-state index in [1.807, 2.05) is 69.0 Å². The second-order valence-electron chi connectivity index (χ2n) is 11.4. The van der Waals surface area contributed by atoms with E-state index < -0.39 is 5.41 Å². The zero-order chi connectivity index (χ0) is 29.7. The molecule has 1 heterocycles. The van der Waals surface area contributed by atoms with Gasteiger partial charge in [-0.25, -0.2) is 0 Å². The Bertz CT molecular complexity index is 1380. The molecule has 7 nitrogen and oxygen atoms in total. The molecule has 1 N–H and O–H groups in total. The summed E-state index contributed by atoms with van der Waals surface area (Å²) >= 11 is 6.10. The van der Waals surface area contributed by atoms with Gasteiger partial charge in [0.05, 0.1) is 12.6 Å². The lowest BCUT2D eigenvalue weighted by molar-refractivity contribution is -0.128. The molecule has 0 fully saturated rings. The molecule has 3 amide bonds. The van der Waals surface area contributed by atoms with Crippen molar-refractivity contribution in [1.82, 2.24) is 5.32 Å². The fourth-order valence-electron chi connectivity index (χ4n) is 5.08. The highest BCUT2D eigenvalue weighted by atomic mass is 35.5. The summed E-state index contributed by atoms with van der Waals surface area (Å²) in [5.74, 6) is 0.488. The number of hydrogen-bond donors (Lipinski definition) is 1. The minimum absolute atomic E-state index is 0.0131. The summed E-state index contributed by atoms with van der Waals surface area (Å²) in [5.41, 5.74) is 2.61. The Balaban J connectivity index is 1.47. The molecule has 0 aromatic heterocycles. The van der Waals surface area contributed by atoms with Gasteiger partial charge in [-0.3, -0.25) is 14.4 Å². The van der Waals surface area contributed by atoms with Crippen LogP contribution in [0, 0.1) is 5.41 Å². The van der Waals surface area contributed by atoms with E-state index in [9.17, 15) is 14.4 Å². The summed E-state index contributed by atoms with van der Waals surface area (Å²) in [6, 6.07) is 21.8. The summed E-state index contributed by atoms with van der Waals surface area (Å²) in [7, 11) is 0. The van der Waals surface area contributed by atoms with Crippen LogP contribution in [0.3, 0.4) is 0 Å². The first-order valence-corrected chi connectivity index (χ1v) is 14.3. The van der Waals surface area contributed by atoms with Gasteiger partial charge in [0.25, 0.3) is 5.91 Å². The molecular formula is C33H38ClN3O4. The monoisotopic (exact) mass is 575 g/mol. The molecule has 8 heteroatoms. The molecule has 0 aliphatic carbocycles. The van der Waals surface area contributed by atoms with Crippen LogP contribution in [0.15, 0.2) is 72.8 Å². The second kappa shape index (κ2) is 12.8. The van der Waals surface area contributed by atoms with Gasteiger partial charge in [-0.15, -0.1) is 0 Å². The average Bonchev–Trinajstić information content (AvgIpc) is 2.93. The van der Waals surface area contributed by atoms with Crippen molar-refractivity contribution in [3.05, 3.63) is 88.9 Å². The first kappa shape index (κ1) is 30.1. The molecule has 0 saturated heterocycles. The van der Waals surface area contributed by atoms with Gasteiger partial charge < -0.3 is 19.9 Å². The zero-order valence-electron chi connectivity index (χ0n) is 24.3. The van der Waals surface area contributed by atoms with Crippen molar-refractivity contribution in [1.29, 1.82) is 0 Å². The molecule has 216 valence electrons. The summed E-state index contributed by atoms with van der Waals surface area (Å²) < 4.78 is 5.82. The van der Waals surface area contributed by atoms with E-state index in [1.165, 1.54) is 0 Å². The molecule has 0 saturated carbocycles. The first-order valence-electron chi connectivity index (χ1n) is 14.0. The maximum atomic E-state index is 13.8. The van der Waals surface area contributed by atoms with Crippen LogP contribution < -0.4 is 19.9 Å². The van der Waals surface area contributed by atoms with Crippen LogP contribution in [0.1, 0.15) is 69.4 Å². The van der Waals surface area contributed by atoms with Gasteiger partial charge in [-0.1, -0.05) is 50.6 Å². The molecule has 0 unspecified atom stereocenters. The smallest absolute Gasteiger partial charge is 0.258 e. The number of fused-ring (bicyclic) bond motifs is 1. The number of nitrogens with zero attached hydrogens (tertiary/aromatic N) is 2. The molecule has 0 radical (unpaired) electrons. The van der Waals surface area contributed by atoms with Crippen molar-refractivity contribution in [2.45, 2.75) is 59.5 Å². The van der Waals surface area contributed by atoms with Crippen LogP contribution in [0.4, 0.5) is 11.4 Å². The number of halogens is 1. The third kappa shape index (κ3) is 7.09. The number of hydrogen-bond acceptors (Lipinski definition) is 4. The molecule has 41 heavy (non-hydrogen) atoms. The molecule has 0 bridgehead atoms. The number of carbonyl (C=O) groups is 3. The van der Waals surface area contributed by atoms with Crippen LogP contribution in [-0.2, 0) is 9.59 Å². The molecule has 2 atom stereocenters. The maximum Gasteiger partial charge on any atom is 0.258 e. The minimum Gasteiger partial charge on any atom is -0.494 e. The van der Waals surface area contributed by atoms with Gasteiger partial charge in [0.1, 0.15) is 5.75 Å². The van der Waals surface area contributed by atoms with Crippen LogP contribution in [0.25, 0.3) is 0 Å². The van der Waals surface area contributed by atoms with E-state index >= 15 is 0 Å².